The lowest BCUT2D eigenvalue weighted by molar-refractivity contribution is -0.140. The van der Waals surface area contributed by atoms with Gasteiger partial charge in [0.1, 0.15) is 6.10 Å². The summed E-state index contributed by atoms with van der Waals surface area (Å²) in [6.45, 7) is 7.93. The maximum absolute atomic E-state index is 15.0. The Morgan fingerprint density at radius 1 is 1.37 bits per heavy atom. The molecule has 0 aromatic carbocycles. The summed E-state index contributed by atoms with van der Waals surface area (Å²) < 4.78 is 33.0. The van der Waals surface area contributed by atoms with Crippen molar-refractivity contribution in [2.24, 2.45) is 18.4 Å². The van der Waals surface area contributed by atoms with Gasteiger partial charge >= 0.3 is 5.69 Å². The first-order chi connectivity index (χ1) is 13.8. The first kappa shape index (κ1) is 21.0. The zero-order chi connectivity index (χ0) is 22.2. The molecule has 1 N–H and O–H groups in total. The molecule has 2 fully saturated rings. The fraction of sp³-hybridized carbons (Fsp3) is 0.667. The maximum atomic E-state index is 15.0. The van der Waals surface area contributed by atoms with Gasteiger partial charge < -0.3 is 10.0 Å². The number of fused-ring (bicyclic) bond motifs is 2. The summed E-state index contributed by atoms with van der Waals surface area (Å²) in [4.78, 5) is 30.6. The molecule has 0 bridgehead atoms. The van der Waals surface area contributed by atoms with Crippen molar-refractivity contribution in [3.63, 3.8) is 0 Å². The van der Waals surface area contributed by atoms with Crippen LogP contribution in [0.1, 0.15) is 39.8 Å². The number of carbonyl (C=O) groups excluding carboxylic acids is 1. The minimum atomic E-state index is -2.99. The van der Waals surface area contributed by atoms with E-state index in [1.807, 2.05) is 20.8 Å². The normalized spacial score (nSPS) is 26.5. The van der Waals surface area contributed by atoms with Crippen molar-refractivity contribution in [2.75, 3.05) is 13.1 Å². The van der Waals surface area contributed by atoms with E-state index in [9.17, 15) is 23.5 Å². The van der Waals surface area contributed by atoms with Crippen molar-refractivity contribution < 1.29 is 18.7 Å². The van der Waals surface area contributed by atoms with Crippen molar-refractivity contribution in [3.05, 3.63) is 28.3 Å². The Balaban J connectivity index is 1.73. The molecule has 3 atom stereocenters. The van der Waals surface area contributed by atoms with Crippen molar-refractivity contribution >= 4 is 17.1 Å². The number of carbonyl (C=O) groups is 1. The molecule has 4 rings (SSSR count). The van der Waals surface area contributed by atoms with Crippen molar-refractivity contribution in [3.8, 4) is 0 Å². The standard InChI is InChI=1S/C21H28F2N4O3/c1-12(28)17(29)26-9-8-20(14(10-26)21(20,22)23)15-7-6-13-16(24-15)25(5)18(30)27(13)11-19(2,3)4/h6-7,12,14,28H,8-11H2,1-5H3/t12-,14?,20?/m0/s1. The van der Waals surface area contributed by atoms with Crippen LogP contribution in [0.4, 0.5) is 8.78 Å². The summed E-state index contributed by atoms with van der Waals surface area (Å²) in [6, 6.07) is 3.30. The second-order valence-corrected chi connectivity index (χ2v) is 9.88. The van der Waals surface area contributed by atoms with Gasteiger partial charge in [0.25, 0.3) is 11.8 Å². The third kappa shape index (κ3) is 2.81. The van der Waals surface area contributed by atoms with Crippen LogP contribution in [0, 0.1) is 11.3 Å². The molecule has 2 aromatic rings. The highest BCUT2D eigenvalue weighted by atomic mass is 19.3. The lowest BCUT2D eigenvalue weighted by atomic mass is 9.90. The van der Waals surface area contributed by atoms with Crippen LogP contribution in [0.3, 0.4) is 0 Å². The predicted molar refractivity (Wildman–Crippen MR) is 107 cm³/mol. The summed E-state index contributed by atoms with van der Waals surface area (Å²) in [5.74, 6) is -4.56. The Morgan fingerprint density at radius 2 is 2.03 bits per heavy atom. The van der Waals surface area contributed by atoms with Gasteiger partial charge in [0.05, 0.1) is 22.5 Å². The number of aryl methyl sites for hydroxylation is 1. The van der Waals surface area contributed by atoms with Crippen LogP contribution in [0.2, 0.25) is 0 Å². The van der Waals surface area contributed by atoms with Gasteiger partial charge in [0.15, 0.2) is 5.65 Å². The minimum Gasteiger partial charge on any atom is -0.384 e. The van der Waals surface area contributed by atoms with Crippen molar-refractivity contribution in [2.45, 2.75) is 58.1 Å². The Labute approximate surface area is 173 Å². The molecule has 1 aliphatic carbocycles. The van der Waals surface area contributed by atoms with Crippen LogP contribution >= 0.6 is 0 Å². The van der Waals surface area contributed by atoms with Gasteiger partial charge in [0, 0.05) is 26.7 Å². The van der Waals surface area contributed by atoms with E-state index in [-0.39, 0.29) is 36.3 Å². The zero-order valence-corrected chi connectivity index (χ0v) is 17.9. The van der Waals surface area contributed by atoms with E-state index in [1.54, 1.807) is 23.7 Å². The van der Waals surface area contributed by atoms with Crippen LogP contribution < -0.4 is 5.69 Å². The number of halogens is 2. The fourth-order valence-corrected chi connectivity index (χ4v) is 4.86. The molecule has 3 heterocycles. The lowest BCUT2D eigenvalue weighted by Crippen LogP contribution is -2.44. The Kier molecular flexibility index (Phi) is 4.44. The second kappa shape index (κ2) is 6.35. The van der Waals surface area contributed by atoms with Gasteiger partial charge in [-0.2, -0.15) is 0 Å². The number of hydrogen-bond acceptors (Lipinski definition) is 4. The van der Waals surface area contributed by atoms with Gasteiger partial charge in [-0.25, -0.2) is 18.6 Å². The molecule has 0 radical (unpaired) electrons. The summed E-state index contributed by atoms with van der Waals surface area (Å²) in [5.41, 5.74) is -0.511. The molecule has 9 heteroatoms. The fourth-order valence-electron chi connectivity index (χ4n) is 4.86. The molecule has 0 spiro atoms. The average molecular weight is 422 g/mol. The number of aliphatic hydroxyl groups excluding tert-OH is 1. The highest BCUT2D eigenvalue weighted by Crippen LogP contribution is 2.69. The molecule has 1 saturated carbocycles. The molecule has 1 amide bonds. The highest BCUT2D eigenvalue weighted by molar-refractivity contribution is 5.80. The number of aliphatic hydroxyl groups is 1. The predicted octanol–water partition coefficient (Wildman–Crippen LogP) is 1.90. The number of rotatable bonds is 3. The molecule has 7 nitrogen and oxygen atoms in total. The molecule has 2 aliphatic rings. The van der Waals surface area contributed by atoms with Crippen LogP contribution in [0.25, 0.3) is 11.2 Å². The summed E-state index contributed by atoms with van der Waals surface area (Å²) >= 11 is 0. The Bertz CT molecular complexity index is 1080. The third-order valence-electron chi connectivity index (χ3n) is 6.46. The van der Waals surface area contributed by atoms with E-state index in [0.29, 0.717) is 17.7 Å². The molecule has 2 aromatic heterocycles. The van der Waals surface area contributed by atoms with Gasteiger partial charge in [0.2, 0.25) is 0 Å². The lowest BCUT2D eigenvalue weighted by Gasteiger charge is -2.30. The molecule has 1 aliphatic heterocycles. The maximum Gasteiger partial charge on any atom is 0.330 e. The molecule has 1 saturated heterocycles. The van der Waals surface area contributed by atoms with Gasteiger partial charge in [-0.15, -0.1) is 0 Å². The number of pyridine rings is 1. The Hall–Kier alpha value is -2.29. The number of piperidine rings is 1. The van der Waals surface area contributed by atoms with E-state index in [4.69, 9.17) is 0 Å². The van der Waals surface area contributed by atoms with Crippen LogP contribution in [0.5, 0.6) is 0 Å². The molecular weight excluding hydrogens is 394 g/mol. The molecule has 164 valence electrons. The summed E-state index contributed by atoms with van der Waals surface area (Å²) in [5, 5.41) is 9.52. The Morgan fingerprint density at radius 3 is 2.60 bits per heavy atom. The number of amides is 1. The molecule has 2 unspecified atom stereocenters. The van der Waals surface area contributed by atoms with E-state index >= 15 is 0 Å². The van der Waals surface area contributed by atoms with Gasteiger partial charge in [-0.05, 0) is 30.9 Å². The number of nitrogens with zero attached hydrogens (tertiary/aromatic N) is 4. The van der Waals surface area contributed by atoms with Crippen LogP contribution in [-0.2, 0) is 23.8 Å². The number of imidazole rings is 1. The zero-order valence-electron chi connectivity index (χ0n) is 17.9. The number of alkyl halides is 2. The first-order valence-electron chi connectivity index (χ1n) is 10.2. The van der Waals surface area contributed by atoms with E-state index < -0.39 is 29.3 Å². The second-order valence-electron chi connectivity index (χ2n) is 9.88. The number of aromatic nitrogens is 3. The van der Waals surface area contributed by atoms with Gasteiger partial charge in [-0.1, -0.05) is 20.8 Å². The minimum absolute atomic E-state index is 0.0677. The smallest absolute Gasteiger partial charge is 0.330 e. The van der Waals surface area contributed by atoms with Crippen LogP contribution in [-0.4, -0.2) is 55.1 Å². The summed E-state index contributed by atoms with van der Waals surface area (Å²) in [6.07, 6.45) is -1.14. The van der Waals surface area contributed by atoms with Crippen molar-refractivity contribution in [1.29, 1.82) is 0 Å². The van der Waals surface area contributed by atoms with Gasteiger partial charge in [-0.3, -0.25) is 13.9 Å². The van der Waals surface area contributed by atoms with Crippen molar-refractivity contribution in [1.82, 2.24) is 19.0 Å². The van der Waals surface area contributed by atoms with E-state index in [1.165, 1.54) is 16.4 Å². The topological polar surface area (TPSA) is 80.4 Å². The monoisotopic (exact) mass is 422 g/mol. The largest absolute Gasteiger partial charge is 0.384 e. The van der Waals surface area contributed by atoms with Crippen LogP contribution in [0.15, 0.2) is 16.9 Å². The van der Waals surface area contributed by atoms with E-state index in [2.05, 4.69) is 4.98 Å². The quantitative estimate of drug-likeness (QED) is 0.819. The first-order valence-corrected chi connectivity index (χ1v) is 10.2. The average Bonchev–Trinajstić information content (AvgIpc) is 3.09. The highest BCUT2D eigenvalue weighted by Gasteiger charge is 2.82. The molecular formula is C21H28F2N4O3. The number of hydrogen-bond donors (Lipinski definition) is 1. The summed E-state index contributed by atoms with van der Waals surface area (Å²) in [7, 11) is 1.60. The molecule has 30 heavy (non-hydrogen) atoms. The SMILES string of the molecule is C[C@H](O)C(=O)N1CCC2(c3ccc4c(n3)n(C)c(=O)n4CC(C)(C)C)C(C1)C2(F)F. The number of likely N-dealkylation sites (tertiary alicyclic amines) is 1. The van der Waals surface area contributed by atoms with E-state index in [0.717, 1.165) is 0 Å². The third-order valence-corrected chi connectivity index (χ3v) is 6.46.